The molecule has 0 aliphatic heterocycles. The fourth-order valence-corrected chi connectivity index (χ4v) is 0.338. The molecule has 0 atom stereocenters. The van der Waals surface area contributed by atoms with E-state index in [-0.39, 0.29) is 13.0 Å². The van der Waals surface area contributed by atoms with Crippen LogP contribution in [0.25, 0.3) is 0 Å². The molecule has 0 aliphatic rings. The van der Waals surface area contributed by atoms with E-state index in [1.807, 2.05) is 0 Å². The number of hydrogen-bond donors (Lipinski definition) is 5. The Bertz CT molecular complexity index is 122. The molecule has 0 amide bonds. The molecule has 0 aliphatic carbocycles. The Kier molecular flexibility index (Phi) is 3.31. The van der Waals surface area contributed by atoms with E-state index in [4.69, 9.17) is 25.5 Å². The normalized spacial score (nSPS) is 13.8. The van der Waals surface area contributed by atoms with Crippen LogP contribution in [0.4, 0.5) is 0 Å². The minimum Gasteiger partial charge on any atom is -0.505 e. The molecule has 0 aromatic carbocycles. The van der Waals surface area contributed by atoms with Gasteiger partial charge in [-0.3, -0.25) is 0 Å². The summed E-state index contributed by atoms with van der Waals surface area (Å²) in [5.74, 6) is -4.17. The van der Waals surface area contributed by atoms with Crippen molar-refractivity contribution in [1.82, 2.24) is 0 Å². The zero-order chi connectivity index (χ0) is 8.20. The topological polar surface area (TPSA) is 101 Å². The lowest BCUT2D eigenvalue weighted by molar-refractivity contribution is -0.298. The second-order valence-corrected chi connectivity index (χ2v) is 1.74. The lowest BCUT2D eigenvalue weighted by atomic mass is 10.3. The van der Waals surface area contributed by atoms with Gasteiger partial charge in [-0.2, -0.15) is 0 Å². The molecule has 0 unspecified atom stereocenters. The van der Waals surface area contributed by atoms with Crippen LogP contribution < -0.4 is 0 Å². The molecule has 0 heterocycles. The zero-order valence-electron chi connectivity index (χ0n) is 5.23. The molecule has 0 aromatic rings. The maximum absolute atomic E-state index is 8.52. The molecular formula is C5H10O5. The first-order valence-corrected chi connectivity index (χ1v) is 2.66. The van der Waals surface area contributed by atoms with Gasteiger partial charge in [-0.1, -0.05) is 0 Å². The third-order valence-corrected chi connectivity index (χ3v) is 0.810. The fraction of sp³-hybridized carbons (Fsp3) is 0.600. The summed E-state index contributed by atoms with van der Waals surface area (Å²) in [7, 11) is 0. The summed E-state index contributed by atoms with van der Waals surface area (Å²) >= 11 is 0. The minimum atomic E-state index is -3.19. The third-order valence-electron chi connectivity index (χ3n) is 0.810. The van der Waals surface area contributed by atoms with E-state index in [0.717, 1.165) is 6.08 Å². The molecule has 0 saturated heterocycles. The molecule has 0 rings (SSSR count). The van der Waals surface area contributed by atoms with Crippen molar-refractivity contribution in [2.24, 2.45) is 0 Å². The van der Waals surface area contributed by atoms with Crippen LogP contribution in [-0.4, -0.2) is 38.1 Å². The molecule has 0 aromatic heterocycles. The molecule has 5 nitrogen and oxygen atoms in total. The van der Waals surface area contributed by atoms with E-state index < -0.39 is 11.7 Å². The molecule has 0 fully saturated rings. The molecular weight excluding hydrogens is 140 g/mol. The van der Waals surface area contributed by atoms with Crippen molar-refractivity contribution in [3.63, 3.8) is 0 Å². The second kappa shape index (κ2) is 3.52. The van der Waals surface area contributed by atoms with Gasteiger partial charge in [-0.25, -0.2) is 0 Å². The van der Waals surface area contributed by atoms with Crippen LogP contribution in [0.5, 0.6) is 0 Å². The highest BCUT2D eigenvalue weighted by atomic mass is 16.7. The molecule has 0 radical (unpaired) electrons. The predicted molar refractivity (Wildman–Crippen MR) is 31.8 cm³/mol. The molecule has 5 N–H and O–H groups in total. The quantitative estimate of drug-likeness (QED) is 0.247. The first kappa shape index (κ1) is 9.38. The average Bonchev–Trinajstić information content (AvgIpc) is 1.80. The highest BCUT2D eigenvalue weighted by molar-refractivity contribution is 4.96. The van der Waals surface area contributed by atoms with Crippen molar-refractivity contribution in [1.29, 1.82) is 0 Å². The predicted octanol–water partition coefficient (Wildman–Crippen LogP) is -1.56. The van der Waals surface area contributed by atoms with Crippen molar-refractivity contribution < 1.29 is 25.5 Å². The van der Waals surface area contributed by atoms with Gasteiger partial charge in [0.15, 0.2) is 5.76 Å². The van der Waals surface area contributed by atoms with Crippen LogP contribution in [0.15, 0.2) is 11.8 Å². The number of aliphatic hydroxyl groups is 5. The Balaban J connectivity index is 3.93. The van der Waals surface area contributed by atoms with Gasteiger partial charge < -0.3 is 25.5 Å². The van der Waals surface area contributed by atoms with Gasteiger partial charge >= 0.3 is 5.97 Å². The standard InChI is InChI=1S/C5H10O5/c6-3-1-2-4(7)5(8,9)10/h2,6-10H,1,3H2. The van der Waals surface area contributed by atoms with E-state index in [9.17, 15) is 0 Å². The second-order valence-electron chi connectivity index (χ2n) is 1.74. The maximum atomic E-state index is 8.52. The van der Waals surface area contributed by atoms with E-state index in [1.165, 1.54) is 0 Å². The van der Waals surface area contributed by atoms with Gasteiger partial charge in [-0.05, 0) is 12.5 Å². The van der Waals surface area contributed by atoms with Crippen molar-refractivity contribution in [3.8, 4) is 0 Å². The molecule has 0 bridgehead atoms. The van der Waals surface area contributed by atoms with Crippen molar-refractivity contribution in [2.75, 3.05) is 6.61 Å². The van der Waals surface area contributed by atoms with Gasteiger partial charge in [0.2, 0.25) is 0 Å². The Morgan fingerprint density at radius 2 is 1.80 bits per heavy atom. The number of aliphatic hydroxyl groups excluding tert-OH is 2. The highest BCUT2D eigenvalue weighted by Crippen LogP contribution is 2.05. The Morgan fingerprint density at radius 3 is 2.10 bits per heavy atom. The van der Waals surface area contributed by atoms with Crippen LogP contribution in [0.2, 0.25) is 0 Å². The van der Waals surface area contributed by atoms with E-state index in [2.05, 4.69) is 0 Å². The third kappa shape index (κ3) is 3.41. The van der Waals surface area contributed by atoms with Crippen molar-refractivity contribution >= 4 is 0 Å². The average molecular weight is 150 g/mol. The number of rotatable bonds is 3. The van der Waals surface area contributed by atoms with Crippen molar-refractivity contribution in [3.05, 3.63) is 11.8 Å². The molecule has 5 heteroatoms. The lowest BCUT2D eigenvalue weighted by Gasteiger charge is -2.11. The fourth-order valence-electron chi connectivity index (χ4n) is 0.338. The van der Waals surface area contributed by atoms with E-state index in [0.29, 0.717) is 0 Å². The molecule has 0 spiro atoms. The van der Waals surface area contributed by atoms with E-state index in [1.54, 1.807) is 0 Å². The Labute approximate surface area is 57.5 Å². The van der Waals surface area contributed by atoms with Crippen LogP contribution in [0, 0.1) is 0 Å². The molecule has 60 valence electrons. The van der Waals surface area contributed by atoms with Gasteiger partial charge in [-0.15, -0.1) is 0 Å². The summed E-state index contributed by atoms with van der Waals surface area (Å²) in [6, 6.07) is 0. The smallest absolute Gasteiger partial charge is 0.337 e. The monoisotopic (exact) mass is 150 g/mol. The lowest BCUT2D eigenvalue weighted by Crippen LogP contribution is -2.29. The minimum absolute atomic E-state index is 0.0509. The summed E-state index contributed by atoms with van der Waals surface area (Å²) in [5, 5.41) is 41.4. The summed E-state index contributed by atoms with van der Waals surface area (Å²) < 4.78 is 0. The van der Waals surface area contributed by atoms with Crippen LogP contribution >= 0.6 is 0 Å². The van der Waals surface area contributed by atoms with Crippen molar-refractivity contribution in [2.45, 2.75) is 12.4 Å². The Morgan fingerprint density at radius 1 is 1.30 bits per heavy atom. The van der Waals surface area contributed by atoms with Gasteiger partial charge in [0.05, 0.1) is 0 Å². The molecule has 10 heavy (non-hydrogen) atoms. The highest BCUT2D eigenvalue weighted by Gasteiger charge is 2.23. The van der Waals surface area contributed by atoms with Gasteiger partial charge in [0, 0.05) is 6.61 Å². The van der Waals surface area contributed by atoms with E-state index >= 15 is 0 Å². The Hall–Kier alpha value is -0.620. The SMILES string of the molecule is OCCC=C(O)C(O)(O)O. The van der Waals surface area contributed by atoms with Gasteiger partial charge in [0.1, 0.15) is 0 Å². The zero-order valence-corrected chi connectivity index (χ0v) is 5.23. The van der Waals surface area contributed by atoms with Crippen LogP contribution in [0.3, 0.4) is 0 Å². The summed E-state index contributed by atoms with van der Waals surface area (Å²) in [4.78, 5) is 0. The first-order valence-electron chi connectivity index (χ1n) is 2.66. The summed E-state index contributed by atoms with van der Waals surface area (Å²) in [6.45, 7) is -0.236. The van der Waals surface area contributed by atoms with Crippen LogP contribution in [-0.2, 0) is 0 Å². The van der Waals surface area contributed by atoms with Crippen LogP contribution in [0.1, 0.15) is 6.42 Å². The largest absolute Gasteiger partial charge is 0.505 e. The molecule has 0 saturated carbocycles. The summed E-state index contributed by atoms with van der Waals surface area (Å²) in [6.07, 6.45) is 0.954. The first-order chi connectivity index (χ1) is 4.48. The number of hydrogen-bond acceptors (Lipinski definition) is 5. The maximum Gasteiger partial charge on any atom is 0.337 e. The summed E-state index contributed by atoms with van der Waals surface area (Å²) in [5.41, 5.74) is 0. The van der Waals surface area contributed by atoms with Gasteiger partial charge in [0.25, 0.3) is 0 Å².